The monoisotopic (exact) mass is 258 g/mol. The van der Waals surface area contributed by atoms with Crippen molar-refractivity contribution in [1.29, 1.82) is 0 Å². The van der Waals surface area contributed by atoms with Gasteiger partial charge in [-0.2, -0.15) is 0 Å². The lowest BCUT2D eigenvalue weighted by Gasteiger charge is -2.09. The van der Waals surface area contributed by atoms with Gasteiger partial charge in [-0.1, -0.05) is 51.9 Å². The second-order valence-electron chi connectivity index (χ2n) is 5.03. The van der Waals surface area contributed by atoms with E-state index in [2.05, 4.69) is 11.7 Å². The fourth-order valence-corrected chi connectivity index (χ4v) is 2.06. The standard InChI is InChI=1S/C15H30O3/c1-3-4-5-8-11-14(16)12-9-6-7-10-13-15(17)18-2/h14,16H,3-13H2,1-2H3/t14-/m1/s1. The zero-order chi connectivity index (χ0) is 13.6. The van der Waals surface area contributed by atoms with Crippen molar-refractivity contribution in [3.8, 4) is 0 Å². The first-order chi connectivity index (χ1) is 8.70. The van der Waals surface area contributed by atoms with Crippen molar-refractivity contribution in [2.24, 2.45) is 0 Å². The molecule has 108 valence electrons. The Labute approximate surface area is 112 Å². The summed E-state index contributed by atoms with van der Waals surface area (Å²) in [5.41, 5.74) is 0. The molecule has 0 saturated heterocycles. The molecule has 0 bridgehead atoms. The number of carbonyl (C=O) groups excluding carboxylic acids is 1. The van der Waals surface area contributed by atoms with E-state index in [1.807, 2.05) is 0 Å². The van der Waals surface area contributed by atoms with Crippen LogP contribution in [0.4, 0.5) is 0 Å². The van der Waals surface area contributed by atoms with Crippen LogP contribution < -0.4 is 0 Å². The fourth-order valence-electron chi connectivity index (χ4n) is 2.06. The number of unbranched alkanes of at least 4 members (excludes halogenated alkanes) is 6. The van der Waals surface area contributed by atoms with Gasteiger partial charge >= 0.3 is 5.97 Å². The summed E-state index contributed by atoms with van der Waals surface area (Å²) in [7, 11) is 1.43. The van der Waals surface area contributed by atoms with Gasteiger partial charge < -0.3 is 9.84 Å². The number of rotatable bonds is 12. The van der Waals surface area contributed by atoms with Crippen LogP contribution in [-0.4, -0.2) is 24.3 Å². The van der Waals surface area contributed by atoms with Crippen molar-refractivity contribution < 1.29 is 14.6 Å². The molecule has 0 saturated carbocycles. The fraction of sp³-hybridized carbons (Fsp3) is 0.933. The molecule has 1 atom stereocenters. The molecule has 0 aromatic heterocycles. The molecule has 0 amide bonds. The van der Waals surface area contributed by atoms with E-state index in [1.165, 1.54) is 26.4 Å². The SMILES string of the molecule is CCCCCC[C@@H](O)CCCCCCC(=O)OC. The number of aliphatic hydroxyl groups is 1. The summed E-state index contributed by atoms with van der Waals surface area (Å²) in [4.78, 5) is 10.9. The Morgan fingerprint density at radius 2 is 1.56 bits per heavy atom. The van der Waals surface area contributed by atoms with Gasteiger partial charge in [0.05, 0.1) is 13.2 Å². The van der Waals surface area contributed by atoms with Crippen molar-refractivity contribution in [2.75, 3.05) is 7.11 Å². The molecule has 0 aromatic carbocycles. The minimum Gasteiger partial charge on any atom is -0.469 e. The number of esters is 1. The average Bonchev–Trinajstić information content (AvgIpc) is 2.38. The topological polar surface area (TPSA) is 46.5 Å². The highest BCUT2D eigenvalue weighted by atomic mass is 16.5. The molecule has 0 aliphatic heterocycles. The molecule has 0 spiro atoms. The van der Waals surface area contributed by atoms with Crippen LogP contribution in [0.5, 0.6) is 0 Å². The number of carbonyl (C=O) groups is 1. The lowest BCUT2D eigenvalue weighted by atomic mass is 10.0. The van der Waals surface area contributed by atoms with E-state index in [-0.39, 0.29) is 12.1 Å². The van der Waals surface area contributed by atoms with Crippen LogP contribution in [0.1, 0.15) is 77.6 Å². The van der Waals surface area contributed by atoms with Gasteiger partial charge in [-0.05, 0) is 19.3 Å². The minimum absolute atomic E-state index is 0.119. The first-order valence-electron chi connectivity index (χ1n) is 7.45. The summed E-state index contributed by atoms with van der Waals surface area (Å²) in [6.07, 6.45) is 11.3. The van der Waals surface area contributed by atoms with Gasteiger partial charge in [-0.15, -0.1) is 0 Å². The van der Waals surface area contributed by atoms with Crippen LogP contribution >= 0.6 is 0 Å². The predicted molar refractivity (Wildman–Crippen MR) is 74.5 cm³/mol. The molecule has 3 heteroatoms. The molecule has 1 N–H and O–H groups in total. The van der Waals surface area contributed by atoms with Crippen molar-refractivity contribution in [1.82, 2.24) is 0 Å². The van der Waals surface area contributed by atoms with Crippen molar-refractivity contribution in [3.05, 3.63) is 0 Å². The lowest BCUT2D eigenvalue weighted by molar-refractivity contribution is -0.140. The van der Waals surface area contributed by atoms with Crippen molar-refractivity contribution in [3.63, 3.8) is 0 Å². The highest BCUT2D eigenvalue weighted by Gasteiger charge is 2.04. The van der Waals surface area contributed by atoms with E-state index in [0.29, 0.717) is 6.42 Å². The maximum absolute atomic E-state index is 10.9. The Morgan fingerprint density at radius 3 is 2.11 bits per heavy atom. The van der Waals surface area contributed by atoms with Crippen LogP contribution in [0.3, 0.4) is 0 Å². The minimum atomic E-state index is -0.123. The largest absolute Gasteiger partial charge is 0.469 e. The van der Waals surface area contributed by atoms with Gasteiger partial charge in [0.1, 0.15) is 0 Å². The number of aliphatic hydroxyl groups excluding tert-OH is 1. The third-order valence-corrected chi connectivity index (χ3v) is 3.29. The van der Waals surface area contributed by atoms with Crippen molar-refractivity contribution >= 4 is 5.97 Å². The zero-order valence-electron chi connectivity index (χ0n) is 12.1. The van der Waals surface area contributed by atoms with E-state index in [1.54, 1.807) is 0 Å². The maximum atomic E-state index is 10.9. The van der Waals surface area contributed by atoms with Gasteiger partial charge in [0.25, 0.3) is 0 Å². The van der Waals surface area contributed by atoms with Crippen LogP contribution in [0.15, 0.2) is 0 Å². The molecule has 0 unspecified atom stereocenters. The summed E-state index contributed by atoms with van der Waals surface area (Å²) in [5.74, 6) is -0.119. The molecule has 0 aliphatic carbocycles. The molecule has 0 fully saturated rings. The second-order valence-corrected chi connectivity index (χ2v) is 5.03. The summed E-state index contributed by atoms with van der Waals surface area (Å²) in [6.45, 7) is 2.20. The summed E-state index contributed by atoms with van der Waals surface area (Å²) < 4.78 is 4.58. The molecule has 0 aromatic rings. The van der Waals surface area contributed by atoms with E-state index in [0.717, 1.165) is 44.9 Å². The molecule has 0 rings (SSSR count). The highest BCUT2D eigenvalue weighted by molar-refractivity contribution is 5.68. The van der Waals surface area contributed by atoms with E-state index < -0.39 is 0 Å². The van der Waals surface area contributed by atoms with Crippen molar-refractivity contribution in [2.45, 2.75) is 83.7 Å². The van der Waals surface area contributed by atoms with E-state index in [4.69, 9.17) is 0 Å². The number of ether oxygens (including phenoxy) is 1. The van der Waals surface area contributed by atoms with Crippen LogP contribution in [0.2, 0.25) is 0 Å². The smallest absolute Gasteiger partial charge is 0.305 e. The highest BCUT2D eigenvalue weighted by Crippen LogP contribution is 2.12. The number of hydrogen-bond donors (Lipinski definition) is 1. The van der Waals surface area contributed by atoms with Gasteiger partial charge in [0, 0.05) is 6.42 Å². The number of methoxy groups -OCH3 is 1. The predicted octanol–water partition coefficient (Wildman–Crippen LogP) is 3.83. The van der Waals surface area contributed by atoms with Gasteiger partial charge in [-0.3, -0.25) is 4.79 Å². The zero-order valence-corrected chi connectivity index (χ0v) is 12.1. The summed E-state index contributed by atoms with van der Waals surface area (Å²) in [5, 5.41) is 9.76. The van der Waals surface area contributed by atoms with Crippen LogP contribution in [0.25, 0.3) is 0 Å². The van der Waals surface area contributed by atoms with Crippen LogP contribution in [0, 0.1) is 0 Å². The second kappa shape index (κ2) is 12.9. The molecule has 0 aliphatic rings. The van der Waals surface area contributed by atoms with Gasteiger partial charge in [0.15, 0.2) is 0 Å². The normalized spacial score (nSPS) is 12.4. The third-order valence-electron chi connectivity index (χ3n) is 3.29. The first kappa shape index (κ1) is 17.4. The number of hydrogen-bond acceptors (Lipinski definition) is 3. The Morgan fingerprint density at radius 1 is 1.00 bits per heavy atom. The molecule has 0 radical (unpaired) electrons. The Bertz CT molecular complexity index is 192. The molecule has 3 nitrogen and oxygen atoms in total. The maximum Gasteiger partial charge on any atom is 0.305 e. The summed E-state index contributed by atoms with van der Waals surface area (Å²) >= 11 is 0. The average molecular weight is 258 g/mol. The summed E-state index contributed by atoms with van der Waals surface area (Å²) in [6, 6.07) is 0. The van der Waals surface area contributed by atoms with Gasteiger partial charge in [-0.25, -0.2) is 0 Å². The van der Waals surface area contributed by atoms with E-state index >= 15 is 0 Å². The molecule has 0 heterocycles. The lowest BCUT2D eigenvalue weighted by Crippen LogP contribution is -2.06. The molecular formula is C15H30O3. The first-order valence-corrected chi connectivity index (χ1v) is 7.45. The van der Waals surface area contributed by atoms with E-state index in [9.17, 15) is 9.90 Å². The quantitative estimate of drug-likeness (QED) is 0.427. The molecule has 18 heavy (non-hydrogen) atoms. The van der Waals surface area contributed by atoms with Crippen LogP contribution in [-0.2, 0) is 9.53 Å². The Balaban J connectivity index is 3.19. The third kappa shape index (κ3) is 11.9. The Kier molecular flexibility index (Phi) is 12.5. The van der Waals surface area contributed by atoms with Gasteiger partial charge in [0.2, 0.25) is 0 Å². The Hall–Kier alpha value is -0.570. The molecular weight excluding hydrogens is 228 g/mol.